The van der Waals surface area contributed by atoms with Crippen molar-refractivity contribution in [1.82, 2.24) is 24.4 Å². The second-order valence-electron chi connectivity index (χ2n) is 7.64. The lowest BCUT2D eigenvalue weighted by Gasteiger charge is -2.25. The maximum Gasteiger partial charge on any atom is 0.422 e. The Morgan fingerprint density at radius 1 is 1.03 bits per heavy atom. The van der Waals surface area contributed by atoms with Gasteiger partial charge in [0.05, 0.1) is 6.54 Å². The number of nitrogens with one attached hydrogen (secondary N) is 1. The second kappa shape index (κ2) is 8.61. The van der Waals surface area contributed by atoms with Crippen LogP contribution in [0.5, 0.6) is 6.01 Å². The van der Waals surface area contributed by atoms with Crippen molar-refractivity contribution in [2.45, 2.75) is 32.1 Å². The number of rotatable bonds is 6. The van der Waals surface area contributed by atoms with Crippen molar-refractivity contribution in [3.63, 3.8) is 0 Å². The molecule has 0 unspecified atom stereocenters. The van der Waals surface area contributed by atoms with E-state index in [2.05, 4.69) is 24.6 Å². The molecule has 170 valence electrons. The van der Waals surface area contributed by atoms with Crippen LogP contribution in [0.1, 0.15) is 24.0 Å². The zero-order valence-corrected chi connectivity index (χ0v) is 17.0. The molecule has 9 nitrogen and oxygen atoms in total. The molecule has 0 amide bonds. The zero-order valence-electron chi connectivity index (χ0n) is 17.0. The number of ether oxygens (including phenoxy) is 1. The average Bonchev–Trinajstić information content (AvgIpc) is 3.05. The van der Waals surface area contributed by atoms with Crippen molar-refractivity contribution in [1.29, 1.82) is 0 Å². The maximum atomic E-state index is 12.4. The molecule has 0 bridgehead atoms. The van der Waals surface area contributed by atoms with Crippen LogP contribution >= 0.6 is 0 Å². The second-order valence-corrected chi connectivity index (χ2v) is 7.64. The lowest BCUT2D eigenvalue weighted by atomic mass is 10.1. The van der Waals surface area contributed by atoms with Gasteiger partial charge in [-0.15, -0.1) is 0 Å². The molecule has 2 aromatic heterocycles. The van der Waals surface area contributed by atoms with Gasteiger partial charge in [-0.3, -0.25) is 14.3 Å². The number of likely N-dealkylation sites (tertiary alicyclic amines) is 1. The molecule has 32 heavy (non-hydrogen) atoms. The predicted octanol–water partition coefficient (Wildman–Crippen LogP) is 1.86. The highest BCUT2D eigenvalue weighted by Crippen LogP contribution is 2.21. The average molecular weight is 450 g/mol. The van der Waals surface area contributed by atoms with Crippen LogP contribution in [0, 0.1) is 0 Å². The molecule has 1 saturated heterocycles. The van der Waals surface area contributed by atoms with E-state index in [1.54, 1.807) is 0 Å². The number of alkyl halides is 3. The molecule has 0 aliphatic carbocycles. The molecule has 0 spiro atoms. The summed E-state index contributed by atoms with van der Waals surface area (Å²) >= 11 is 0. The van der Waals surface area contributed by atoms with Gasteiger partial charge in [0, 0.05) is 32.5 Å². The first-order chi connectivity index (χ1) is 15.2. The van der Waals surface area contributed by atoms with Crippen molar-refractivity contribution in [2.75, 3.05) is 25.4 Å². The molecule has 0 atom stereocenters. The minimum atomic E-state index is -4.56. The van der Waals surface area contributed by atoms with Crippen LogP contribution in [0.4, 0.5) is 19.0 Å². The summed E-state index contributed by atoms with van der Waals surface area (Å²) in [7, 11) is 0. The first-order valence-corrected chi connectivity index (χ1v) is 9.95. The van der Waals surface area contributed by atoms with Gasteiger partial charge in [0.2, 0.25) is 0 Å². The Morgan fingerprint density at radius 3 is 2.28 bits per heavy atom. The Hall–Kier alpha value is -3.41. The van der Waals surface area contributed by atoms with Crippen LogP contribution in [-0.4, -0.2) is 56.1 Å². The summed E-state index contributed by atoms with van der Waals surface area (Å²) < 4.78 is 43.1. The minimum absolute atomic E-state index is 0.0572. The molecule has 3 N–H and O–H groups in total. The van der Waals surface area contributed by atoms with E-state index in [9.17, 15) is 22.8 Å². The van der Waals surface area contributed by atoms with Crippen molar-refractivity contribution >= 4 is 22.8 Å². The Morgan fingerprint density at radius 2 is 1.66 bits per heavy atom. The third kappa shape index (κ3) is 5.07. The van der Waals surface area contributed by atoms with E-state index >= 15 is 0 Å². The quantitative estimate of drug-likeness (QED) is 0.588. The fourth-order valence-corrected chi connectivity index (χ4v) is 3.54. The number of benzene rings is 1. The molecule has 3 aromatic rings. The van der Waals surface area contributed by atoms with E-state index in [4.69, 9.17) is 5.73 Å². The summed E-state index contributed by atoms with van der Waals surface area (Å²) in [4.78, 5) is 36.1. The highest BCUT2D eigenvalue weighted by atomic mass is 19.4. The number of hydrogen-bond acceptors (Lipinski definition) is 7. The van der Waals surface area contributed by atoms with E-state index < -0.39 is 24.5 Å². The fourth-order valence-electron chi connectivity index (χ4n) is 3.54. The number of halogens is 3. The van der Waals surface area contributed by atoms with Crippen molar-refractivity contribution in [3.8, 4) is 6.01 Å². The number of aromatic amines is 1. The maximum absolute atomic E-state index is 12.4. The number of nitrogens with zero attached hydrogens (tertiary/aromatic N) is 4. The number of anilines is 1. The molecule has 1 fully saturated rings. The van der Waals surface area contributed by atoms with E-state index in [1.165, 1.54) is 4.57 Å². The van der Waals surface area contributed by atoms with Crippen LogP contribution in [0.25, 0.3) is 11.2 Å². The van der Waals surface area contributed by atoms with Gasteiger partial charge >= 0.3 is 17.9 Å². The van der Waals surface area contributed by atoms with Gasteiger partial charge in [-0.2, -0.15) is 23.1 Å². The highest BCUT2D eigenvalue weighted by Gasteiger charge is 2.29. The molecule has 0 saturated carbocycles. The summed E-state index contributed by atoms with van der Waals surface area (Å²) in [5.74, 6) is 0.107. The third-order valence-electron chi connectivity index (χ3n) is 5.18. The largest absolute Gasteiger partial charge is 0.454 e. The molecule has 1 aliphatic rings. The number of fused-ring (bicyclic) bond motifs is 1. The Labute approximate surface area is 180 Å². The number of piperidine rings is 1. The van der Waals surface area contributed by atoms with Gasteiger partial charge in [-0.1, -0.05) is 24.3 Å². The summed E-state index contributed by atoms with van der Waals surface area (Å²) in [6.45, 7) is 0.770. The molecule has 4 rings (SSSR count). The Bertz CT molecular complexity index is 1180. The minimum Gasteiger partial charge on any atom is -0.454 e. The number of aromatic nitrogens is 4. The SMILES string of the molecule is Nc1nc(OCC(F)(F)F)nc2c1[nH]c(=O)n2Cc1ccc(CN2CCC(=O)CC2)cc1. The molecular formula is C20H21F3N6O3. The zero-order chi connectivity index (χ0) is 22.9. The van der Waals surface area contributed by atoms with E-state index in [0.717, 1.165) is 30.8 Å². The predicted molar refractivity (Wildman–Crippen MR) is 109 cm³/mol. The normalized spacial score (nSPS) is 15.4. The number of ketones is 1. The fraction of sp³-hybridized carbons (Fsp3) is 0.400. The van der Waals surface area contributed by atoms with Crippen molar-refractivity contribution < 1.29 is 22.7 Å². The molecule has 12 heteroatoms. The van der Waals surface area contributed by atoms with E-state index in [-0.39, 0.29) is 29.3 Å². The molecular weight excluding hydrogens is 429 g/mol. The Balaban J connectivity index is 1.52. The topological polar surface area (TPSA) is 119 Å². The number of imidazole rings is 1. The molecule has 3 heterocycles. The summed E-state index contributed by atoms with van der Waals surface area (Å²) in [6.07, 6.45) is -3.42. The van der Waals surface area contributed by atoms with Gasteiger partial charge in [-0.05, 0) is 11.1 Å². The first-order valence-electron chi connectivity index (χ1n) is 9.95. The van der Waals surface area contributed by atoms with Gasteiger partial charge < -0.3 is 15.5 Å². The van der Waals surface area contributed by atoms with Crippen LogP contribution in [0.2, 0.25) is 0 Å². The van der Waals surface area contributed by atoms with E-state index in [1.807, 2.05) is 24.3 Å². The van der Waals surface area contributed by atoms with Crippen molar-refractivity contribution in [3.05, 3.63) is 45.9 Å². The molecule has 0 radical (unpaired) electrons. The lowest BCUT2D eigenvalue weighted by molar-refractivity contribution is -0.154. The Kier molecular flexibility index (Phi) is 5.87. The van der Waals surface area contributed by atoms with Gasteiger partial charge in [0.15, 0.2) is 18.1 Å². The lowest BCUT2D eigenvalue weighted by Crippen LogP contribution is -2.33. The van der Waals surface area contributed by atoms with Crippen LogP contribution in [0.15, 0.2) is 29.1 Å². The van der Waals surface area contributed by atoms with E-state index in [0.29, 0.717) is 12.8 Å². The van der Waals surface area contributed by atoms with Crippen molar-refractivity contribution in [2.24, 2.45) is 0 Å². The monoisotopic (exact) mass is 450 g/mol. The molecule has 1 aromatic carbocycles. The number of nitrogens with two attached hydrogens (primary N) is 1. The molecule has 1 aliphatic heterocycles. The standard InChI is InChI=1S/C20H21F3N6O3/c21-20(22,23)11-32-18-26-16(24)15-17(27-18)29(19(31)25-15)10-13-3-1-12(2-4-13)9-28-7-5-14(30)6-8-28/h1-4H,5-11H2,(H,25,31)(H2,24,26,27). The van der Waals surface area contributed by atoms with Crippen LogP contribution in [-0.2, 0) is 17.9 Å². The summed E-state index contributed by atoms with van der Waals surface area (Å²) in [5, 5.41) is 0. The number of Topliss-reactive ketones (excluding diaryl/α,β-unsaturated/α-hetero) is 1. The van der Waals surface area contributed by atoms with Crippen LogP contribution in [0.3, 0.4) is 0 Å². The van der Waals surface area contributed by atoms with Gasteiger partial charge in [-0.25, -0.2) is 4.79 Å². The van der Waals surface area contributed by atoms with Gasteiger partial charge in [0.25, 0.3) is 0 Å². The first kappa shape index (κ1) is 21.8. The van der Waals surface area contributed by atoms with Crippen LogP contribution < -0.4 is 16.2 Å². The smallest absolute Gasteiger partial charge is 0.422 e. The highest BCUT2D eigenvalue weighted by molar-refractivity contribution is 5.82. The number of carbonyl (C=O) groups excluding carboxylic acids is 1. The summed E-state index contributed by atoms with van der Waals surface area (Å²) in [5.41, 5.74) is 7.30. The number of H-pyrrole nitrogens is 1. The van der Waals surface area contributed by atoms with Gasteiger partial charge in [0.1, 0.15) is 11.3 Å². The summed E-state index contributed by atoms with van der Waals surface area (Å²) in [6, 6.07) is 7.04. The third-order valence-corrected chi connectivity index (χ3v) is 5.18. The number of nitrogen functional groups attached to an aromatic ring is 1. The number of hydrogen-bond donors (Lipinski definition) is 2. The number of carbonyl (C=O) groups is 1.